The number of H-pyrrole nitrogens is 1. The van der Waals surface area contributed by atoms with Gasteiger partial charge >= 0.3 is 0 Å². The number of hydrogen-bond acceptors (Lipinski definition) is 4. The van der Waals surface area contributed by atoms with Crippen molar-refractivity contribution in [2.45, 2.75) is 19.6 Å². The van der Waals surface area contributed by atoms with Gasteiger partial charge in [-0.15, -0.1) is 0 Å². The molecule has 1 saturated heterocycles. The number of aryl methyl sites for hydroxylation is 1. The van der Waals surface area contributed by atoms with Gasteiger partial charge in [0.25, 0.3) is 0 Å². The fraction of sp³-hybridized carbons (Fsp3) is 0.333. The molecule has 0 unspecified atom stereocenters. The van der Waals surface area contributed by atoms with Crippen LogP contribution in [-0.4, -0.2) is 39.5 Å². The van der Waals surface area contributed by atoms with Crippen LogP contribution in [-0.2, 0) is 11.3 Å². The van der Waals surface area contributed by atoms with Gasteiger partial charge in [0.15, 0.2) is 0 Å². The molecule has 1 N–H and O–H groups in total. The van der Waals surface area contributed by atoms with Crippen LogP contribution in [0.5, 0.6) is 0 Å². The molecule has 23 heavy (non-hydrogen) atoms. The van der Waals surface area contributed by atoms with Crippen LogP contribution in [0.3, 0.4) is 0 Å². The third-order valence-electron chi connectivity index (χ3n) is 4.25. The van der Waals surface area contributed by atoms with Crippen LogP contribution in [0.2, 0.25) is 0 Å². The fourth-order valence-corrected chi connectivity index (χ4v) is 3.09. The number of hydrogen-bond donors (Lipinski definition) is 1. The molecule has 0 radical (unpaired) electrons. The van der Waals surface area contributed by atoms with E-state index in [-0.39, 0.29) is 6.10 Å². The summed E-state index contributed by atoms with van der Waals surface area (Å²) in [6, 6.07) is 10.6. The average Bonchev–Trinajstić information content (AvgIpc) is 3.02. The standard InChI is InChI=1S/C18H20N4O/c1-13-10-20-18(21-13)17-12-22(7-8-23-17)11-14-4-5-16-15(9-14)3-2-6-19-16/h2-6,9-10,17H,7-8,11-12H2,1H3,(H,20,21)/t17-/m1/s1. The Bertz CT molecular complexity index is 813. The van der Waals surface area contributed by atoms with Gasteiger partial charge in [-0.2, -0.15) is 0 Å². The van der Waals surface area contributed by atoms with Gasteiger partial charge in [-0.1, -0.05) is 12.1 Å². The number of nitrogens with zero attached hydrogens (tertiary/aromatic N) is 3. The zero-order valence-corrected chi connectivity index (χ0v) is 13.2. The average molecular weight is 308 g/mol. The van der Waals surface area contributed by atoms with Gasteiger partial charge in [0.2, 0.25) is 0 Å². The Kier molecular flexibility index (Phi) is 3.81. The van der Waals surface area contributed by atoms with Crippen molar-refractivity contribution < 1.29 is 4.74 Å². The molecule has 0 saturated carbocycles. The quantitative estimate of drug-likeness (QED) is 0.808. The first-order chi connectivity index (χ1) is 11.3. The highest BCUT2D eigenvalue weighted by Gasteiger charge is 2.24. The van der Waals surface area contributed by atoms with Crippen LogP contribution >= 0.6 is 0 Å². The molecule has 0 spiro atoms. The van der Waals surface area contributed by atoms with E-state index in [2.05, 4.69) is 44.1 Å². The maximum absolute atomic E-state index is 5.87. The van der Waals surface area contributed by atoms with Crippen LogP contribution in [0, 0.1) is 6.92 Å². The molecule has 1 aliphatic heterocycles. The zero-order valence-electron chi connectivity index (χ0n) is 13.2. The highest BCUT2D eigenvalue weighted by molar-refractivity contribution is 5.78. The summed E-state index contributed by atoms with van der Waals surface area (Å²) in [5, 5.41) is 1.19. The summed E-state index contributed by atoms with van der Waals surface area (Å²) in [4.78, 5) is 14.5. The predicted molar refractivity (Wildman–Crippen MR) is 89.0 cm³/mol. The Labute approximate surface area is 135 Å². The molecular weight excluding hydrogens is 288 g/mol. The largest absolute Gasteiger partial charge is 0.368 e. The molecule has 5 heteroatoms. The molecule has 5 nitrogen and oxygen atoms in total. The molecule has 0 bridgehead atoms. The van der Waals surface area contributed by atoms with Gasteiger partial charge in [-0.05, 0) is 30.7 Å². The van der Waals surface area contributed by atoms with Crippen LogP contribution < -0.4 is 0 Å². The van der Waals surface area contributed by atoms with Crippen LogP contribution in [0.15, 0.2) is 42.7 Å². The van der Waals surface area contributed by atoms with Crippen molar-refractivity contribution in [3.05, 3.63) is 59.8 Å². The number of nitrogens with one attached hydrogen (secondary N) is 1. The number of benzene rings is 1. The van der Waals surface area contributed by atoms with Crippen LogP contribution in [0.25, 0.3) is 10.9 Å². The molecule has 0 amide bonds. The minimum Gasteiger partial charge on any atom is -0.368 e. The molecule has 1 aliphatic rings. The van der Waals surface area contributed by atoms with E-state index in [1.165, 1.54) is 10.9 Å². The minimum absolute atomic E-state index is 0.0274. The molecule has 1 aromatic carbocycles. The normalized spacial score (nSPS) is 19.3. The van der Waals surface area contributed by atoms with Gasteiger partial charge in [0.1, 0.15) is 11.9 Å². The summed E-state index contributed by atoms with van der Waals surface area (Å²) in [5.74, 6) is 0.926. The van der Waals surface area contributed by atoms with Gasteiger partial charge in [-0.25, -0.2) is 4.98 Å². The van der Waals surface area contributed by atoms with Crippen molar-refractivity contribution in [3.8, 4) is 0 Å². The van der Waals surface area contributed by atoms with Crippen molar-refractivity contribution in [2.24, 2.45) is 0 Å². The second kappa shape index (κ2) is 6.10. The van der Waals surface area contributed by atoms with E-state index in [1.54, 1.807) is 0 Å². The van der Waals surface area contributed by atoms with E-state index >= 15 is 0 Å². The van der Waals surface area contributed by atoms with Gasteiger partial charge in [0, 0.05) is 43.1 Å². The first-order valence-electron chi connectivity index (χ1n) is 7.97. The smallest absolute Gasteiger partial charge is 0.136 e. The number of aromatic amines is 1. The summed E-state index contributed by atoms with van der Waals surface area (Å²) >= 11 is 0. The molecule has 0 aliphatic carbocycles. The summed E-state index contributed by atoms with van der Waals surface area (Å²) in [5.41, 5.74) is 3.42. The molecule has 1 atom stereocenters. The van der Waals surface area contributed by atoms with Crippen molar-refractivity contribution >= 4 is 10.9 Å². The van der Waals surface area contributed by atoms with E-state index in [0.29, 0.717) is 0 Å². The molecule has 2 aromatic heterocycles. The van der Waals surface area contributed by atoms with Crippen molar-refractivity contribution in [3.63, 3.8) is 0 Å². The molecular formula is C18H20N4O. The Balaban J connectivity index is 1.48. The van der Waals surface area contributed by atoms with E-state index < -0.39 is 0 Å². The minimum atomic E-state index is 0.0274. The lowest BCUT2D eigenvalue weighted by atomic mass is 10.1. The van der Waals surface area contributed by atoms with Gasteiger partial charge in [-0.3, -0.25) is 9.88 Å². The molecule has 118 valence electrons. The highest BCUT2D eigenvalue weighted by Crippen LogP contribution is 2.22. The topological polar surface area (TPSA) is 54.0 Å². The van der Waals surface area contributed by atoms with Gasteiger partial charge in [0.05, 0.1) is 12.1 Å². The van der Waals surface area contributed by atoms with E-state index in [0.717, 1.165) is 43.3 Å². The Hall–Kier alpha value is -2.24. The van der Waals surface area contributed by atoms with Crippen LogP contribution in [0.4, 0.5) is 0 Å². The predicted octanol–water partition coefficient (Wildman–Crippen LogP) is 2.84. The lowest BCUT2D eigenvalue weighted by Crippen LogP contribution is -2.38. The number of morpholine rings is 1. The van der Waals surface area contributed by atoms with Crippen molar-refractivity contribution in [1.29, 1.82) is 0 Å². The summed E-state index contributed by atoms with van der Waals surface area (Å²) < 4.78 is 5.87. The number of rotatable bonds is 3. The maximum Gasteiger partial charge on any atom is 0.136 e. The highest BCUT2D eigenvalue weighted by atomic mass is 16.5. The third-order valence-corrected chi connectivity index (χ3v) is 4.25. The van der Waals surface area contributed by atoms with Crippen molar-refractivity contribution in [1.82, 2.24) is 19.9 Å². The number of imidazole rings is 1. The number of fused-ring (bicyclic) bond motifs is 1. The van der Waals surface area contributed by atoms with Gasteiger partial charge < -0.3 is 9.72 Å². The fourth-order valence-electron chi connectivity index (χ4n) is 3.09. The number of aromatic nitrogens is 3. The SMILES string of the molecule is Cc1cnc([C@H]2CN(Cc3ccc4ncccc4c3)CCO2)[nH]1. The van der Waals surface area contributed by atoms with E-state index in [9.17, 15) is 0 Å². The van der Waals surface area contributed by atoms with Crippen molar-refractivity contribution in [2.75, 3.05) is 19.7 Å². The summed E-state index contributed by atoms with van der Waals surface area (Å²) in [6.07, 6.45) is 3.72. The lowest BCUT2D eigenvalue weighted by Gasteiger charge is -2.32. The maximum atomic E-state index is 5.87. The molecule has 3 aromatic rings. The Morgan fingerprint density at radius 2 is 2.26 bits per heavy atom. The summed E-state index contributed by atoms with van der Waals surface area (Å²) in [7, 11) is 0. The second-order valence-electron chi connectivity index (χ2n) is 6.08. The molecule has 3 heterocycles. The van der Waals surface area contributed by atoms with E-state index in [4.69, 9.17) is 4.74 Å². The van der Waals surface area contributed by atoms with Crippen LogP contribution in [0.1, 0.15) is 23.2 Å². The Morgan fingerprint density at radius 3 is 3.13 bits per heavy atom. The number of pyridine rings is 1. The molecule has 1 fully saturated rings. The monoisotopic (exact) mass is 308 g/mol. The first-order valence-corrected chi connectivity index (χ1v) is 7.97. The number of ether oxygens (including phenoxy) is 1. The van der Waals surface area contributed by atoms with E-state index in [1.807, 2.05) is 25.4 Å². The molecule has 4 rings (SSSR count). The summed E-state index contributed by atoms with van der Waals surface area (Å²) in [6.45, 7) is 5.48. The lowest BCUT2D eigenvalue weighted by molar-refractivity contribution is -0.0368. The third kappa shape index (κ3) is 3.11. The zero-order chi connectivity index (χ0) is 15.6. The Morgan fingerprint density at radius 1 is 1.30 bits per heavy atom. The second-order valence-corrected chi connectivity index (χ2v) is 6.08. The first kappa shape index (κ1) is 14.4.